The fourth-order valence-electron chi connectivity index (χ4n) is 2.36. The first-order valence-electron chi connectivity index (χ1n) is 6.60. The molecule has 2 aromatic rings. The molecule has 1 heterocycles. The first kappa shape index (κ1) is 13.6. The molecule has 0 aliphatic carbocycles. The Morgan fingerprint density at radius 2 is 2.05 bits per heavy atom. The molecule has 0 fully saturated rings. The fourth-order valence-corrected chi connectivity index (χ4v) is 2.36. The van der Waals surface area contributed by atoms with E-state index >= 15 is 0 Å². The molecule has 0 aliphatic rings. The number of H-pyrrole nitrogens is 1. The standard InChI is InChI=1S/C15H21N3O/c1-10(2)12(8-16)15(19)18(3)14-9-17-13-7-5-4-6-11(13)14/h4-7,9-10,12,17H,8,16H2,1-3H3. The highest BCUT2D eigenvalue weighted by atomic mass is 16.2. The molecule has 2 rings (SSSR count). The Morgan fingerprint density at radius 1 is 1.37 bits per heavy atom. The average molecular weight is 259 g/mol. The summed E-state index contributed by atoms with van der Waals surface area (Å²) in [6.45, 7) is 4.43. The summed E-state index contributed by atoms with van der Waals surface area (Å²) in [5, 5.41) is 1.05. The van der Waals surface area contributed by atoms with Crippen LogP contribution in [-0.4, -0.2) is 24.5 Å². The van der Waals surface area contributed by atoms with Gasteiger partial charge in [0.2, 0.25) is 5.91 Å². The third kappa shape index (κ3) is 2.49. The van der Waals surface area contributed by atoms with Crippen molar-refractivity contribution in [3.63, 3.8) is 0 Å². The molecular weight excluding hydrogens is 238 g/mol. The number of nitrogens with one attached hydrogen (secondary N) is 1. The molecule has 0 radical (unpaired) electrons. The quantitative estimate of drug-likeness (QED) is 0.885. The average Bonchev–Trinajstić information content (AvgIpc) is 2.82. The molecule has 1 aromatic heterocycles. The van der Waals surface area contributed by atoms with E-state index in [1.807, 2.05) is 51.4 Å². The smallest absolute Gasteiger partial charge is 0.231 e. The highest BCUT2D eigenvalue weighted by Gasteiger charge is 2.25. The van der Waals surface area contributed by atoms with E-state index in [1.54, 1.807) is 4.90 Å². The zero-order valence-corrected chi connectivity index (χ0v) is 11.7. The number of aromatic amines is 1. The van der Waals surface area contributed by atoms with Crippen molar-refractivity contribution in [1.82, 2.24) is 4.98 Å². The number of hydrogen-bond donors (Lipinski definition) is 2. The number of nitrogens with zero attached hydrogens (tertiary/aromatic N) is 1. The maximum absolute atomic E-state index is 12.5. The number of aromatic nitrogens is 1. The Bertz CT molecular complexity index is 574. The lowest BCUT2D eigenvalue weighted by molar-refractivity contribution is -0.123. The minimum atomic E-state index is -0.140. The molecule has 1 amide bonds. The van der Waals surface area contributed by atoms with Crippen molar-refractivity contribution >= 4 is 22.5 Å². The Balaban J connectivity index is 2.33. The number of carbonyl (C=O) groups is 1. The second-order valence-electron chi connectivity index (χ2n) is 5.20. The maximum atomic E-state index is 12.5. The van der Waals surface area contributed by atoms with E-state index in [1.165, 1.54) is 0 Å². The lowest BCUT2D eigenvalue weighted by Gasteiger charge is -2.24. The predicted molar refractivity (Wildman–Crippen MR) is 79.1 cm³/mol. The molecular formula is C15H21N3O. The van der Waals surface area contributed by atoms with E-state index in [0.29, 0.717) is 6.54 Å². The summed E-state index contributed by atoms with van der Waals surface area (Å²) < 4.78 is 0. The van der Waals surface area contributed by atoms with Crippen molar-refractivity contribution in [1.29, 1.82) is 0 Å². The van der Waals surface area contributed by atoms with Gasteiger partial charge in [0, 0.05) is 30.7 Å². The van der Waals surface area contributed by atoms with E-state index in [2.05, 4.69) is 4.98 Å². The van der Waals surface area contributed by atoms with Gasteiger partial charge in [-0.2, -0.15) is 0 Å². The second-order valence-corrected chi connectivity index (χ2v) is 5.20. The van der Waals surface area contributed by atoms with Crippen LogP contribution in [0.1, 0.15) is 13.8 Å². The van der Waals surface area contributed by atoms with Crippen LogP contribution in [0.5, 0.6) is 0 Å². The van der Waals surface area contributed by atoms with Crippen LogP contribution in [0.15, 0.2) is 30.5 Å². The first-order chi connectivity index (χ1) is 9.06. The van der Waals surface area contributed by atoms with Crippen LogP contribution >= 0.6 is 0 Å². The minimum absolute atomic E-state index is 0.0715. The van der Waals surface area contributed by atoms with Gasteiger partial charge in [0.25, 0.3) is 0 Å². The van der Waals surface area contributed by atoms with Gasteiger partial charge in [0.05, 0.1) is 11.6 Å². The van der Waals surface area contributed by atoms with Crippen LogP contribution in [0, 0.1) is 11.8 Å². The normalized spacial score (nSPS) is 12.9. The van der Waals surface area contributed by atoms with E-state index in [-0.39, 0.29) is 17.7 Å². The molecule has 3 N–H and O–H groups in total. The lowest BCUT2D eigenvalue weighted by Crippen LogP contribution is -2.39. The SMILES string of the molecule is CC(C)C(CN)C(=O)N(C)c1c[nH]c2ccccc12. The molecule has 0 aliphatic heterocycles. The number of para-hydroxylation sites is 1. The van der Waals surface area contributed by atoms with Crippen molar-refractivity contribution in [2.75, 3.05) is 18.5 Å². The van der Waals surface area contributed by atoms with Crippen molar-refractivity contribution in [2.45, 2.75) is 13.8 Å². The van der Waals surface area contributed by atoms with Gasteiger partial charge >= 0.3 is 0 Å². The Hall–Kier alpha value is -1.81. The zero-order valence-electron chi connectivity index (χ0n) is 11.7. The molecule has 0 saturated carbocycles. The number of hydrogen-bond acceptors (Lipinski definition) is 2. The Morgan fingerprint density at radius 3 is 2.68 bits per heavy atom. The van der Waals surface area contributed by atoms with E-state index in [9.17, 15) is 4.79 Å². The van der Waals surface area contributed by atoms with Gasteiger partial charge in [-0.3, -0.25) is 4.79 Å². The number of amides is 1. The summed E-state index contributed by atoms with van der Waals surface area (Å²) in [5.74, 6) is 0.172. The second kappa shape index (κ2) is 5.45. The number of carbonyl (C=O) groups excluding carboxylic acids is 1. The maximum Gasteiger partial charge on any atom is 0.231 e. The highest BCUT2D eigenvalue weighted by molar-refractivity contribution is 6.03. The van der Waals surface area contributed by atoms with Crippen molar-refractivity contribution in [3.8, 4) is 0 Å². The van der Waals surface area contributed by atoms with Crippen LogP contribution < -0.4 is 10.6 Å². The van der Waals surface area contributed by atoms with Gasteiger partial charge in [-0.15, -0.1) is 0 Å². The molecule has 0 spiro atoms. The van der Waals surface area contributed by atoms with Crippen LogP contribution in [0.4, 0.5) is 5.69 Å². The molecule has 4 nitrogen and oxygen atoms in total. The number of nitrogens with two attached hydrogens (primary N) is 1. The zero-order chi connectivity index (χ0) is 14.0. The summed E-state index contributed by atoms with van der Waals surface area (Å²) in [7, 11) is 1.81. The van der Waals surface area contributed by atoms with Gasteiger partial charge in [0.15, 0.2) is 0 Å². The van der Waals surface area contributed by atoms with Gasteiger partial charge in [-0.1, -0.05) is 32.0 Å². The highest BCUT2D eigenvalue weighted by Crippen LogP contribution is 2.27. The van der Waals surface area contributed by atoms with Crippen LogP contribution in [0.2, 0.25) is 0 Å². The summed E-state index contributed by atoms with van der Waals surface area (Å²) in [4.78, 5) is 17.4. The van der Waals surface area contributed by atoms with Crippen molar-refractivity contribution < 1.29 is 4.79 Å². The summed E-state index contributed by atoms with van der Waals surface area (Å²) in [5.41, 5.74) is 7.66. The number of anilines is 1. The molecule has 1 atom stereocenters. The predicted octanol–water partition coefficient (Wildman–Crippen LogP) is 2.36. The van der Waals surface area contributed by atoms with E-state index < -0.39 is 0 Å². The molecule has 4 heteroatoms. The Kier molecular flexibility index (Phi) is 3.90. The molecule has 1 aromatic carbocycles. The number of benzene rings is 1. The van der Waals surface area contributed by atoms with Crippen LogP contribution in [0.25, 0.3) is 10.9 Å². The first-order valence-corrected chi connectivity index (χ1v) is 6.60. The summed E-state index contributed by atoms with van der Waals surface area (Å²) in [6, 6.07) is 7.96. The fraction of sp³-hybridized carbons (Fsp3) is 0.400. The van der Waals surface area contributed by atoms with Gasteiger partial charge in [0.1, 0.15) is 0 Å². The van der Waals surface area contributed by atoms with Gasteiger partial charge < -0.3 is 15.6 Å². The van der Waals surface area contributed by atoms with Gasteiger partial charge in [-0.25, -0.2) is 0 Å². The Labute approximate surface area is 113 Å². The van der Waals surface area contributed by atoms with Gasteiger partial charge in [-0.05, 0) is 12.0 Å². The van der Waals surface area contributed by atoms with Crippen molar-refractivity contribution in [2.24, 2.45) is 17.6 Å². The topological polar surface area (TPSA) is 62.1 Å². The van der Waals surface area contributed by atoms with E-state index in [4.69, 9.17) is 5.73 Å². The number of rotatable bonds is 4. The van der Waals surface area contributed by atoms with Crippen LogP contribution in [0.3, 0.4) is 0 Å². The third-order valence-electron chi connectivity index (χ3n) is 3.64. The molecule has 0 saturated heterocycles. The van der Waals surface area contributed by atoms with Crippen LogP contribution in [-0.2, 0) is 4.79 Å². The van der Waals surface area contributed by atoms with Crippen molar-refractivity contribution in [3.05, 3.63) is 30.5 Å². The summed E-state index contributed by atoms with van der Waals surface area (Å²) >= 11 is 0. The minimum Gasteiger partial charge on any atom is -0.359 e. The monoisotopic (exact) mass is 259 g/mol. The molecule has 1 unspecified atom stereocenters. The lowest BCUT2D eigenvalue weighted by atomic mass is 9.94. The van der Waals surface area contributed by atoms with E-state index in [0.717, 1.165) is 16.6 Å². The third-order valence-corrected chi connectivity index (χ3v) is 3.64. The summed E-state index contributed by atoms with van der Waals surface area (Å²) in [6.07, 6.45) is 1.87. The number of fused-ring (bicyclic) bond motifs is 1. The largest absolute Gasteiger partial charge is 0.359 e. The molecule has 0 bridgehead atoms. The molecule has 19 heavy (non-hydrogen) atoms. The molecule has 102 valence electrons.